The summed E-state index contributed by atoms with van der Waals surface area (Å²) in [5, 5.41) is 0. The van der Waals surface area contributed by atoms with Crippen LogP contribution >= 0.6 is 0 Å². The van der Waals surface area contributed by atoms with Crippen molar-refractivity contribution in [3.8, 4) is 0 Å². The normalized spacial score (nSPS) is 26.0. The lowest BCUT2D eigenvalue weighted by atomic mass is 9.97. The molecule has 4 nitrogen and oxygen atoms in total. The summed E-state index contributed by atoms with van der Waals surface area (Å²) in [5.74, 6) is 0.514. The summed E-state index contributed by atoms with van der Waals surface area (Å²) in [6, 6.07) is 7.03. The molecule has 0 radical (unpaired) electrons. The minimum atomic E-state index is -0.239. The quantitative estimate of drug-likeness (QED) is 0.820. The molecule has 3 atom stereocenters. The molecule has 1 aromatic rings. The molecule has 2 heterocycles. The third kappa shape index (κ3) is 4.39. The number of carbonyl (C=O) groups is 1. The zero-order chi connectivity index (χ0) is 17.8. The van der Waals surface area contributed by atoms with E-state index in [9.17, 15) is 9.18 Å². The van der Waals surface area contributed by atoms with Gasteiger partial charge in [0, 0.05) is 38.6 Å². The highest BCUT2D eigenvalue weighted by molar-refractivity contribution is 5.77. The summed E-state index contributed by atoms with van der Waals surface area (Å²) in [6.07, 6.45) is 1.53. The fraction of sp³-hybridized carbons (Fsp3) is 0.650. The maximum absolute atomic E-state index is 13.4. The average molecular weight is 348 g/mol. The molecule has 138 valence electrons. The fourth-order valence-electron chi connectivity index (χ4n) is 4.10. The smallest absolute Gasteiger partial charge is 0.223 e. The molecule has 0 bridgehead atoms. The number of rotatable bonds is 5. The number of morpholine rings is 1. The molecule has 1 amide bonds. The molecular weight excluding hydrogens is 319 g/mol. The molecule has 1 aromatic carbocycles. The second kappa shape index (κ2) is 8.28. The summed E-state index contributed by atoms with van der Waals surface area (Å²) < 4.78 is 18.9. The van der Waals surface area contributed by atoms with Gasteiger partial charge in [-0.1, -0.05) is 32.4 Å². The van der Waals surface area contributed by atoms with E-state index in [1.165, 1.54) is 12.1 Å². The van der Waals surface area contributed by atoms with E-state index in [0.717, 1.165) is 51.4 Å². The van der Waals surface area contributed by atoms with Crippen molar-refractivity contribution in [1.82, 2.24) is 9.80 Å². The van der Waals surface area contributed by atoms with Crippen LogP contribution in [0.3, 0.4) is 0 Å². The number of carbonyl (C=O) groups excluding carboxylic acids is 1. The molecule has 0 N–H and O–H groups in total. The number of ether oxygens (including phenoxy) is 1. The number of hydrogen-bond donors (Lipinski definition) is 0. The number of likely N-dealkylation sites (tertiary alicyclic amines) is 1. The maximum Gasteiger partial charge on any atom is 0.223 e. The molecular formula is C20H29FN2O2. The van der Waals surface area contributed by atoms with E-state index in [4.69, 9.17) is 4.74 Å². The first-order valence-electron chi connectivity index (χ1n) is 9.43. The molecule has 3 rings (SSSR count). The third-order valence-corrected chi connectivity index (χ3v) is 5.70. The first kappa shape index (κ1) is 18.3. The molecule has 0 spiro atoms. The van der Waals surface area contributed by atoms with Crippen LogP contribution in [0.15, 0.2) is 24.3 Å². The van der Waals surface area contributed by atoms with Gasteiger partial charge in [0.05, 0.1) is 13.2 Å². The van der Waals surface area contributed by atoms with Crippen molar-refractivity contribution >= 4 is 5.91 Å². The number of amides is 1. The van der Waals surface area contributed by atoms with Crippen molar-refractivity contribution in [2.75, 3.05) is 39.4 Å². The standard InChI is InChI=1S/C20H29FN2O2/c1-3-16-13-23(14-19(16)22-7-9-25-10-8-22)20(24)11-15(2)17-5-4-6-18(21)12-17/h4-6,12,15-16,19H,3,7-11,13-14H2,1-2H3. The molecule has 2 fully saturated rings. The lowest BCUT2D eigenvalue weighted by Crippen LogP contribution is -2.47. The van der Waals surface area contributed by atoms with E-state index in [1.54, 1.807) is 6.07 Å². The van der Waals surface area contributed by atoms with Gasteiger partial charge in [-0.15, -0.1) is 0 Å². The highest BCUT2D eigenvalue weighted by Gasteiger charge is 2.38. The molecule has 0 aromatic heterocycles. The Morgan fingerprint density at radius 3 is 2.76 bits per heavy atom. The Labute approximate surface area is 149 Å². The fourth-order valence-corrected chi connectivity index (χ4v) is 4.10. The zero-order valence-electron chi connectivity index (χ0n) is 15.3. The van der Waals surface area contributed by atoms with Gasteiger partial charge in [-0.3, -0.25) is 9.69 Å². The van der Waals surface area contributed by atoms with E-state index < -0.39 is 0 Å². The van der Waals surface area contributed by atoms with Gasteiger partial charge in [-0.2, -0.15) is 0 Å². The van der Waals surface area contributed by atoms with Gasteiger partial charge in [-0.05, 0) is 29.5 Å². The molecule has 5 heteroatoms. The van der Waals surface area contributed by atoms with Crippen LogP contribution in [0.4, 0.5) is 4.39 Å². The molecule has 3 unspecified atom stereocenters. The molecule has 2 aliphatic rings. The van der Waals surface area contributed by atoms with Crippen LogP contribution in [0.5, 0.6) is 0 Å². The monoisotopic (exact) mass is 348 g/mol. The molecule has 2 aliphatic heterocycles. The summed E-state index contributed by atoms with van der Waals surface area (Å²) in [7, 11) is 0. The lowest BCUT2D eigenvalue weighted by molar-refractivity contribution is -0.130. The van der Waals surface area contributed by atoms with Gasteiger partial charge in [0.15, 0.2) is 0 Å². The first-order chi connectivity index (χ1) is 12.1. The van der Waals surface area contributed by atoms with Gasteiger partial charge in [0.25, 0.3) is 0 Å². The van der Waals surface area contributed by atoms with Crippen molar-refractivity contribution in [3.63, 3.8) is 0 Å². The van der Waals surface area contributed by atoms with Crippen molar-refractivity contribution < 1.29 is 13.9 Å². The Kier molecular flexibility index (Phi) is 6.07. The second-order valence-electron chi connectivity index (χ2n) is 7.34. The molecule has 0 saturated carbocycles. The van der Waals surface area contributed by atoms with Crippen LogP contribution < -0.4 is 0 Å². The van der Waals surface area contributed by atoms with Crippen molar-refractivity contribution in [3.05, 3.63) is 35.6 Å². The van der Waals surface area contributed by atoms with Gasteiger partial charge < -0.3 is 9.64 Å². The molecule has 2 saturated heterocycles. The number of nitrogens with zero attached hydrogens (tertiary/aromatic N) is 2. The van der Waals surface area contributed by atoms with Crippen molar-refractivity contribution in [2.24, 2.45) is 5.92 Å². The van der Waals surface area contributed by atoms with E-state index in [0.29, 0.717) is 18.4 Å². The predicted molar refractivity (Wildman–Crippen MR) is 96.0 cm³/mol. The van der Waals surface area contributed by atoms with Crippen LogP contribution in [0.1, 0.15) is 38.2 Å². The highest BCUT2D eigenvalue weighted by Crippen LogP contribution is 2.28. The minimum absolute atomic E-state index is 0.0331. The van der Waals surface area contributed by atoms with Crippen LogP contribution in [0.2, 0.25) is 0 Å². The van der Waals surface area contributed by atoms with Crippen LogP contribution in [0.25, 0.3) is 0 Å². The van der Waals surface area contributed by atoms with Gasteiger partial charge in [0.1, 0.15) is 5.82 Å². The van der Waals surface area contributed by atoms with Crippen LogP contribution in [0, 0.1) is 11.7 Å². The molecule has 25 heavy (non-hydrogen) atoms. The van der Waals surface area contributed by atoms with Crippen molar-refractivity contribution in [1.29, 1.82) is 0 Å². The number of halogens is 1. The summed E-state index contributed by atoms with van der Waals surface area (Å²) in [5.41, 5.74) is 0.893. The van der Waals surface area contributed by atoms with E-state index in [2.05, 4.69) is 11.8 Å². The Balaban J connectivity index is 1.60. The summed E-state index contributed by atoms with van der Waals surface area (Å²) in [6.45, 7) is 9.36. The van der Waals surface area contributed by atoms with Crippen molar-refractivity contribution in [2.45, 2.75) is 38.6 Å². The Bertz CT molecular complexity index is 589. The Morgan fingerprint density at radius 1 is 1.32 bits per heavy atom. The first-order valence-corrected chi connectivity index (χ1v) is 9.43. The SMILES string of the molecule is CCC1CN(C(=O)CC(C)c2cccc(F)c2)CC1N1CCOCC1. The maximum atomic E-state index is 13.4. The number of benzene rings is 1. The van der Waals surface area contributed by atoms with Gasteiger partial charge in [0.2, 0.25) is 5.91 Å². The number of hydrogen-bond acceptors (Lipinski definition) is 3. The summed E-state index contributed by atoms with van der Waals surface area (Å²) in [4.78, 5) is 17.3. The zero-order valence-corrected chi connectivity index (χ0v) is 15.3. The van der Waals surface area contributed by atoms with Gasteiger partial charge in [-0.25, -0.2) is 4.39 Å². The van der Waals surface area contributed by atoms with E-state index in [-0.39, 0.29) is 17.6 Å². The third-order valence-electron chi connectivity index (χ3n) is 5.70. The van der Waals surface area contributed by atoms with Crippen LogP contribution in [-0.2, 0) is 9.53 Å². The molecule has 0 aliphatic carbocycles. The van der Waals surface area contributed by atoms with Crippen LogP contribution in [-0.4, -0.2) is 61.1 Å². The minimum Gasteiger partial charge on any atom is -0.379 e. The Hall–Kier alpha value is -1.46. The predicted octanol–water partition coefficient (Wildman–Crippen LogP) is 2.89. The van der Waals surface area contributed by atoms with E-state index in [1.807, 2.05) is 17.9 Å². The highest BCUT2D eigenvalue weighted by atomic mass is 19.1. The second-order valence-corrected chi connectivity index (χ2v) is 7.34. The topological polar surface area (TPSA) is 32.8 Å². The van der Waals surface area contributed by atoms with E-state index >= 15 is 0 Å². The largest absolute Gasteiger partial charge is 0.379 e. The Morgan fingerprint density at radius 2 is 2.08 bits per heavy atom. The summed E-state index contributed by atoms with van der Waals surface area (Å²) >= 11 is 0. The van der Waals surface area contributed by atoms with Gasteiger partial charge >= 0.3 is 0 Å². The lowest BCUT2D eigenvalue weighted by Gasteiger charge is -2.34. The average Bonchev–Trinajstić information content (AvgIpc) is 3.07.